The van der Waals surface area contributed by atoms with Crippen LogP contribution in [0, 0.1) is 0 Å². The van der Waals surface area contributed by atoms with Gasteiger partial charge >= 0.3 is 0 Å². The molecule has 1 amide bonds. The Morgan fingerprint density at radius 1 is 1.10 bits per heavy atom. The first-order valence-corrected chi connectivity index (χ1v) is 8.39. The largest absolute Gasteiger partial charge is 0.342 e. The Labute approximate surface area is 124 Å². The number of carbonyl (C=O) groups excluding carboxylic acids is 1. The van der Waals surface area contributed by atoms with E-state index in [0.717, 1.165) is 45.6 Å². The molecule has 0 radical (unpaired) electrons. The second kappa shape index (κ2) is 9.35. The first-order chi connectivity index (χ1) is 9.62. The normalized spacial score (nSPS) is 23.1. The Morgan fingerprint density at radius 3 is 2.35 bits per heavy atom. The zero-order valence-corrected chi connectivity index (χ0v) is 13.8. The fraction of sp³-hybridized carbons (Fsp3) is 0.938. The average Bonchev–Trinajstić information content (AvgIpc) is 2.47. The zero-order chi connectivity index (χ0) is 15.0. The quantitative estimate of drug-likeness (QED) is 0.741. The minimum absolute atomic E-state index is 0.0483. The number of hydrogen-bond acceptors (Lipinski definition) is 3. The van der Waals surface area contributed by atoms with E-state index in [9.17, 15) is 4.79 Å². The monoisotopic (exact) mass is 283 g/mol. The van der Waals surface area contributed by atoms with Crippen molar-refractivity contribution in [3.8, 4) is 0 Å². The van der Waals surface area contributed by atoms with Gasteiger partial charge in [0.2, 0.25) is 5.91 Å². The highest BCUT2D eigenvalue weighted by atomic mass is 16.2. The molecule has 1 saturated heterocycles. The third kappa shape index (κ3) is 5.41. The van der Waals surface area contributed by atoms with Crippen molar-refractivity contribution in [1.29, 1.82) is 0 Å². The van der Waals surface area contributed by atoms with E-state index in [0.29, 0.717) is 11.9 Å². The predicted octanol–water partition coefficient (Wildman–Crippen LogP) is 2.10. The molecule has 1 aliphatic heterocycles. The first kappa shape index (κ1) is 17.4. The van der Waals surface area contributed by atoms with Crippen LogP contribution in [0.3, 0.4) is 0 Å². The summed E-state index contributed by atoms with van der Waals surface area (Å²) in [6, 6.07) is 0.527. The van der Waals surface area contributed by atoms with Gasteiger partial charge in [-0.05, 0) is 59.2 Å². The number of rotatable bonds is 8. The number of amides is 1. The third-order valence-electron chi connectivity index (χ3n) is 4.40. The predicted molar refractivity (Wildman–Crippen MR) is 84.9 cm³/mol. The molecule has 1 rings (SSSR count). The van der Waals surface area contributed by atoms with Crippen LogP contribution < -0.4 is 5.32 Å². The highest BCUT2D eigenvalue weighted by molar-refractivity contribution is 5.82. The Hall–Kier alpha value is -0.610. The molecular weight excluding hydrogens is 250 g/mol. The van der Waals surface area contributed by atoms with Gasteiger partial charge in [0.1, 0.15) is 0 Å². The summed E-state index contributed by atoms with van der Waals surface area (Å²) in [5.41, 5.74) is 0. The number of likely N-dealkylation sites (N-methyl/N-ethyl adjacent to an activating group) is 1. The molecule has 0 aliphatic carbocycles. The summed E-state index contributed by atoms with van der Waals surface area (Å²) in [7, 11) is 0. The summed E-state index contributed by atoms with van der Waals surface area (Å²) in [5, 5.41) is 3.45. The molecule has 0 saturated carbocycles. The van der Waals surface area contributed by atoms with Gasteiger partial charge in [-0.15, -0.1) is 0 Å². The highest BCUT2D eigenvalue weighted by Crippen LogP contribution is 2.14. The molecule has 118 valence electrons. The summed E-state index contributed by atoms with van der Waals surface area (Å²) in [4.78, 5) is 17.0. The molecular formula is C16H33N3O. The van der Waals surface area contributed by atoms with Crippen molar-refractivity contribution < 1.29 is 4.79 Å². The summed E-state index contributed by atoms with van der Waals surface area (Å²) in [6.45, 7) is 13.6. The maximum absolute atomic E-state index is 12.5. The van der Waals surface area contributed by atoms with E-state index in [4.69, 9.17) is 0 Å². The highest BCUT2D eigenvalue weighted by Gasteiger charge is 2.27. The molecule has 4 heteroatoms. The van der Waals surface area contributed by atoms with E-state index in [1.165, 1.54) is 12.8 Å². The van der Waals surface area contributed by atoms with E-state index in [2.05, 4.69) is 37.9 Å². The SMILES string of the molecule is CCN(CC)CCCN(CC)C(=O)C1CCCC(C)N1. The number of nitrogens with one attached hydrogen (secondary N) is 1. The van der Waals surface area contributed by atoms with Crippen LogP contribution in [-0.4, -0.2) is 60.5 Å². The van der Waals surface area contributed by atoms with Crippen molar-refractivity contribution in [2.75, 3.05) is 32.7 Å². The van der Waals surface area contributed by atoms with Crippen LogP contribution in [0.15, 0.2) is 0 Å². The van der Waals surface area contributed by atoms with Crippen molar-refractivity contribution in [3.63, 3.8) is 0 Å². The van der Waals surface area contributed by atoms with Gasteiger partial charge in [0.15, 0.2) is 0 Å². The summed E-state index contributed by atoms with van der Waals surface area (Å²) >= 11 is 0. The van der Waals surface area contributed by atoms with Gasteiger partial charge in [0.05, 0.1) is 6.04 Å². The lowest BCUT2D eigenvalue weighted by atomic mass is 9.98. The molecule has 0 spiro atoms. The van der Waals surface area contributed by atoms with Crippen LogP contribution in [-0.2, 0) is 4.79 Å². The fourth-order valence-corrected chi connectivity index (χ4v) is 3.00. The van der Waals surface area contributed by atoms with Crippen molar-refractivity contribution >= 4 is 5.91 Å². The molecule has 1 heterocycles. The molecule has 2 atom stereocenters. The van der Waals surface area contributed by atoms with Crippen molar-refractivity contribution in [1.82, 2.24) is 15.1 Å². The van der Waals surface area contributed by atoms with Crippen LogP contribution in [0.4, 0.5) is 0 Å². The maximum Gasteiger partial charge on any atom is 0.239 e. The Kier molecular flexibility index (Phi) is 8.15. The van der Waals surface area contributed by atoms with Gasteiger partial charge in [-0.2, -0.15) is 0 Å². The van der Waals surface area contributed by atoms with Gasteiger partial charge in [0, 0.05) is 19.1 Å². The van der Waals surface area contributed by atoms with E-state index in [1.54, 1.807) is 0 Å². The molecule has 1 aliphatic rings. The fourth-order valence-electron chi connectivity index (χ4n) is 3.00. The average molecular weight is 283 g/mol. The molecule has 4 nitrogen and oxygen atoms in total. The van der Waals surface area contributed by atoms with Crippen molar-refractivity contribution in [3.05, 3.63) is 0 Å². The Bertz CT molecular complexity index is 279. The standard InChI is InChI=1S/C16H33N3O/c1-5-18(6-2)12-9-13-19(7-3)16(20)15-11-8-10-14(4)17-15/h14-15,17H,5-13H2,1-4H3. The van der Waals surface area contributed by atoms with Gasteiger partial charge in [-0.25, -0.2) is 0 Å². The smallest absolute Gasteiger partial charge is 0.239 e. The lowest BCUT2D eigenvalue weighted by molar-refractivity contribution is -0.134. The van der Waals surface area contributed by atoms with Crippen molar-refractivity contribution in [2.45, 2.75) is 65.5 Å². The number of carbonyl (C=O) groups is 1. The lowest BCUT2D eigenvalue weighted by Gasteiger charge is -2.32. The summed E-state index contributed by atoms with van der Waals surface area (Å²) < 4.78 is 0. The van der Waals surface area contributed by atoms with E-state index in [1.807, 2.05) is 4.90 Å². The minimum atomic E-state index is 0.0483. The minimum Gasteiger partial charge on any atom is -0.342 e. The zero-order valence-electron chi connectivity index (χ0n) is 13.8. The lowest BCUT2D eigenvalue weighted by Crippen LogP contribution is -2.51. The molecule has 20 heavy (non-hydrogen) atoms. The summed E-state index contributed by atoms with van der Waals surface area (Å²) in [6.07, 6.45) is 4.43. The topological polar surface area (TPSA) is 35.6 Å². The molecule has 0 aromatic heterocycles. The van der Waals surface area contributed by atoms with Crippen molar-refractivity contribution in [2.24, 2.45) is 0 Å². The molecule has 0 aromatic carbocycles. The van der Waals surface area contributed by atoms with Crippen LogP contribution >= 0.6 is 0 Å². The van der Waals surface area contributed by atoms with Gasteiger partial charge in [0.25, 0.3) is 0 Å². The molecule has 2 unspecified atom stereocenters. The summed E-state index contributed by atoms with van der Waals surface area (Å²) in [5.74, 6) is 0.304. The number of nitrogens with zero attached hydrogens (tertiary/aromatic N) is 2. The Morgan fingerprint density at radius 2 is 1.80 bits per heavy atom. The first-order valence-electron chi connectivity index (χ1n) is 8.39. The van der Waals surface area contributed by atoms with Gasteiger partial charge < -0.3 is 15.1 Å². The van der Waals surface area contributed by atoms with Gasteiger partial charge in [-0.3, -0.25) is 4.79 Å². The Balaban J connectivity index is 2.38. The van der Waals surface area contributed by atoms with E-state index < -0.39 is 0 Å². The van der Waals surface area contributed by atoms with E-state index >= 15 is 0 Å². The maximum atomic E-state index is 12.5. The van der Waals surface area contributed by atoms with Crippen LogP contribution in [0.5, 0.6) is 0 Å². The molecule has 0 aromatic rings. The number of piperidine rings is 1. The van der Waals surface area contributed by atoms with Crippen LogP contribution in [0.1, 0.15) is 53.4 Å². The second-order valence-electron chi connectivity index (χ2n) is 5.85. The van der Waals surface area contributed by atoms with Crippen LogP contribution in [0.2, 0.25) is 0 Å². The molecule has 1 fully saturated rings. The molecule has 1 N–H and O–H groups in total. The molecule has 0 bridgehead atoms. The third-order valence-corrected chi connectivity index (χ3v) is 4.40. The second-order valence-corrected chi connectivity index (χ2v) is 5.85. The van der Waals surface area contributed by atoms with Gasteiger partial charge in [-0.1, -0.05) is 13.8 Å². The number of hydrogen-bond donors (Lipinski definition) is 1. The van der Waals surface area contributed by atoms with Crippen LogP contribution in [0.25, 0.3) is 0 Å². The van der Waals surface area contributed by atoms with E-state index in [-0.39, 0.29) is 6.04 Å².